The molecule has 0 saturated carbocycles. The van der Waals surface area contributed by atoms with Crippen molar-refractivity contribution in [3.63, 3.8) is 0 Å². The summed E-state index contributed by atoms with van der Waals surface area (Å²) in [4.78, 5) is 15.1. The van der Waals surface area contributed by atoms with Crippen molar-refractivity contribution in [1.29, 1.82) is 0 Å². The van der Waals surface area contributed by atoms with Crippen molar-refractivity contribution in [2.45, 2.75) is 0 Å². The van der Waals surface area contributed by atoms with Crippen LogP contribution in [0.5, 0.6) is 0 Å². The average molecular weight is 595 g/mol. The van der Waals surface area contributed by atoms with Gasteiger partial charge in [0.1, 0.15) is 5.58 Å². The Morgan fingerprint density at radius 3 is 1.89 bits per heavy atom. The van der Waals surface area contributed by atoms with E-state index in [0.29, 0.717) is 17.6 Å². The highest BCUT2D eigenvalue weighted by Gasteiger charge is 2.20. The third-order valence-corrected chi connectivity index (χ3v) is 9.83. The molecule has 0 aliphatic carbocycles. The van der Waals surface area contributed by atoms with Crippen molar-refractivity contribution in [3.05, 3.63) is 133 Å². The van der Waals surface area contributed by atoms with Gasteiger partial charge in [-0.2, -0.15) is 9.97 Å². The molecular formula is C39H22N4OS. The van der Waals surface area contributed by atoms with Gasteiger partial charge in [-0.3, -0.25) is 4.57 Å². The first-order valence-corrected chi connectivity index (χ1v) is 15.7. The first-order chi connectivity index (χ1) is 22.3. The van der Waals surface area contributed by atoms with Gasteiger partial charge in [0.15, 0.2) is 17.2 Å². The van der Waals surface area contributed by atoms with E-state index in [4.69, 9.17) is 19.4 Å². The molecule has 0 unspecified atom stereocenters. The Hall–Kier alpha value is -5.85. The molecule has 6 heteroatoms. The van der Waals surface area contributed by atoms with Crippen molar-refractivity contribution in [2.24, 2.45) is 0 Å². The summed E-state index contributed by atoms with van der Waals surface area (Å²) in [5.74, 6) is 1.87. The van der Waals surface area contributed by atoms with E-state index < -0.39 is 0 Å². The first kappa shape index (κ1) is 24.6. The van der Waals surface area contributed by atoms with Crippen LogP contribution < -0.4 is 0 Å². The maximum Gasteiger partial charge on any atom is 0.238 e. The predicted molar refractivity (Wildman–Crippen MR) is 185 cm³/mol. The van der Waals surface area contributed by atoms with Gasteiger partial charge in [-0.05, 0) is 30.3 Å². The summed E-state index contributed by atoms with van der Waals surface area (Å²) >= 11 is 1.79. The molecule has 0 N–H and O–H groups in total. The fourth-order valence-corrected chi connectivity index (χ4v) is 7.80. The van der Waals surface area contributed by atoms with E-state index in [0.717, 1.165) is 54.9 Å². The summed E-state index contributed by atoms with van der Waals surface area (Å²) in [6.45, 7) is 0. The smallest absolute Gasteiger partial charge is 0.238 e. The summed E-state index contributed by atoms with van der Waals surface area (Å²) < 4.78 is 11.0. The number of hydrogen-bond acceptors (Lipinski definition) is 5. The van der Waals surface area contributed by atoms with Crippen LogP contribution in [-0.2, 0) is 0 Å². The van der Waals surface area contributed by atoms with Gasteiger partial charge in [-0.25, -0.2) is 4.98 Å². The van der Waals surface area contributed by atoms with Crippen molar-refractivity contribution in [1.82, 2.24) is 19.5 Å². The minimum absolute atomic E-state index is 0.590. The summed E-state index contributed by atoms with van der Waals surface area (Å²) in [7, 11) is 0. The van der Waals surface area contributed by atoms with Crippen molar-refractivity contribution in [2.75, 3.05) is 0 Å². The molecule has 0 aliphatic rings. The number of benzene rings is 6. The molecule has 210 valence electrons. The van der Waals surface area contributed by atoms with Crippen LogP contribution >= 0.6 is 11.3 Å². The van der Waals surface area contributed by atoms with E-state index in [1.54, 1.807) is 11.3 Å². The maximum absolute atomic E-state index is 6.43. The van der Waals surface area contributed by atoms with Crippen LogP contribution in [0.15, 0.2) is 138 Å². The summed E-state index contributed by atoms with van der Waals surface area (Å²) in [6, 6.07) is 46.0. The molecule has 0 spiro atoms. The molecule has 0 aliphatic heterocycles. The number of aromatic nitrogens is 4. The lowest BCUT2D eigenvalue weighted by Gasteiger charge is -2.11. The molecule has 0 fully saturated rings. The van der Waals surface area contributed by atoms with Crippen LogP contribution in [0.2, 0.25) is 0 Å². The molecule has 0 amide bonds. The number of hydrogen-bond donors (Lipinski definition) is 0. The van der Waals surface area contributed by atoms with E-state index in [1.807, 2.05) is 72.8 Å². The Morgan fingerprint density at radius 2 is 1.13 bits per heavy atom. The lowest BCUT2D eigenvalue weighted by molar-refractivity contribution is 0.673. The van der Waals surface area contributed by atoms with Gasteiger partial charge in [0.2, 0.25) is 5.95 Å². The van der Waals surface area contributed by atoms with Crippen molar-refractivity contribution < 1.29 is 4.42 Å². The van der Waals surface area contributed by atoms with E-state index in [-0.39, 0.29) is 0 Å². The molecule has 10 aromatic rings. The topological polar surface area (TPSA) is 56.7 Å². The highest BCUT2D eigenvalue weighted by Crippen LogP contribution is 2.44. The van der Waals surface area contributed by atoms with Crippen LogP contribution in [0.25, 0.3) is 92.6 Å². The molecule has 0 saturated heterocycles. The van der Waals surface area contributed by atoms with Gasteiger partial charge in [-0.15, -0.1) is 11.3 Å². The molecule has 0 radical (unpaired) electrons. The second kappa shape index (κ2) is 9.32. The van der Waals surface area contributed by atoms with E-state index >= 15 is 0 Å². The van der Waals surface area contributed by atoms with E-state index in [1.165, 1.54) is 20.2 Å². The quantitative estimate of drug-likeness (QED) is 0.204. The Morgan fingerprint density at radius 1 is 0.489 bits per heavy atom. The molecule has 10 rings (SSSR count). The van der Waals surface area contributed by atoms with Crippen molar-refractivity contribution in [3.8, 4) is 28.7 Å². The SMILES string of the molecule is c1ccc(-c2nc(-c3ccccc3)nc(-n3c4ccccc4c4cc5sc6c(ccc7c8ccccc8oc76)c5cc43)n2)cc1. The number of furan rings is 1. The van der Waals surface area contributed by atoms with E-state index in [9.17, 15) is 0 Å². The number of rotatable bonds is 3. The zero-order valence-electron chi connectivity index (χ0n) is 23.8. The Balaban J connectivity index is 1.29. The maximum atomic E-state index is 6.43. The van der Waals surface area contributed by atoms with Gasteiger partial charge in [0, 0.05) is 48.1 Å². The third kappa shape index (κ3) is 3.63. The summed E-state index contributed by atoms with van der Waals surface area (Å²) in [5, 5.41) is 6.99. The minimum Gasteiger partial charge on any atom is -0.455 e. The standard InChI is InChI=1S/C39H22N4OS/c1-3-11-23(12-4-1)37-40-38(24-13-5-2-6-14-24)42-39(41-37)43-31-17-9-7-15-25(31)29-22-34-30(21-32(29)43)28-20-19-27-26-16-8-10-18-33(26)44-35(27)36(28)45-34/h1-22H. The highest BCUT2D eigenvalue weighted by atomic mass is 32.1. The Kier molecular flexibility index (Phi) is 5.09. The molecule has 4 aromatic heterocycles. The van der Waals surface area contributed by atoms with Gasteiger partial charge >= 0.3 is 0 Å². The van der Waals surface area contributed by atoms with E-state index in [2.05, 4.69) is 65.2 Å². The van der Waals surface area contributed by atoms with Crippen LogP contribution in [0.4, 0.5) is 0 Å². The fourth-order valence-electron chi connectivity index (χ4n) is 6.59. The van der Waals surface area contributed by atoms with Gasteiger partial charge in [-0.1, -0.05) is 103 Å². The number of para-hydroxylation sites is 2. The Bertz CT molecular complexity index is 2700. The summed E-state index contributed by atoms with van der Waals surface area (Å²) in [6.07, 6.45) is 0. The van der Waals surface area contributed by atoms with Crippen LogP contribution in [-0.4, -0.2) is 19.5 Å². The molecule has 5 nitrogen and oxygen atoms in total. The molecule has 45 heavy (non-hydrogen) atoms. The van der Waals surface area contributed by atoms with Crippen LogP contribution in [0, 0.1) is 0 Å². The zero-order chi connectivity index (χ0) is 29.5. The Labute approximate surface area is 260 Å². The largest absolute Gasteiger partial charge is 0.455 e. The predicted octanol–water partition coefficient (Wildman–Crippen LogP) is 10.6. The van der Waals surface area contributed by atoms with Crippen LogP contribution in [0.3, 0.4) is 0 Å². The molecule has 6 aromatic carbocycles. The zero-order valence-corrected chi connectivity index (χ0v) is 24.6. The lowest BCUT2D eigenvalue weighted by Crippen LogP contribution is -2.06. The number of fused-ring (bicyclic) bond motifs is 10. The van der Waals surface area contributed by atoms with Gasteiger partial charge < -0.3 is 4.42 Å². The fraction of sp³-hybridized carbons (Fsp3) is 0. The summed E-state index contributed by atoms with van der Waals surface area (Å²) in [5.41, 5.74) is 5.86. The number of nitrogens with zero attached hydrogens (tertiary/aromatic N) is 4. The number of thiophene rings is 1. The first-order valence-electron chi connectivity index (χ1n) is 14.9. The molecule has 0 bridgehead atoms. The average Bonchev–Trinajstić information content (AvgIpc) is 3.77. The molecular weight excluding hydrogens is 573 g/mol. The van der Waals surface area contributed by atoms with Crippen LogP contribution in [0.1, 0.15) is 0 Å². The highest BCUT2D eigenvalue weighted by molar-refractivity contribution is 7.26. The molecule has 0 atom stereocenters. The van der Waals surface area contributed by atoms with Gasteiger partial charge in [0.05, 0.1) is 15.7 Å². The van der Waals surface area contributed by atoms with Gasteiger partial charge in [0.25, 0.3) is 0 Å². The second-order valence-corrected chi connectivity index (χ2v) is 12.3. The lowest BCUT2D eigenvalue weighted by atomic mass is 10.1. The normalized spacial score (nSPS) is 12.0. The molecule has 4 heterocycles. The minimum atomic E-state index is 0.590. The third-order valence-electron chi connectivity index (χ3n) is 8.67. The monoisotopic (exact) mass is 594 g/mol. The second-order valence-electron chi connectivity index (χ2n) is 11.3. The van der Waals surface area contributed by atoms with Crippen molar-refractivity contribution >= 4 is 75.3 Å².